The van der Waals surface area contributed by atoms with Crippen LogP contribution in [0.1, 0.15) is 42.5 Å². The largest absolute Gasteiger partial charge is 0.370 e. The number of carbonyl (C=O) groups excluding carboxylic acids is 1. The van der Waals surface area contributed by atoms with E-state index in [1.807, 2.05) is 0 Å². The van der Waals surface area contributed by atoms with E-state index in [0.29, 0.717) is 6.54 Å². The standard InChI is InChI=1S/C18H26N2O2/c1-14(19-18(21)13-20-8-10-22-11-9-20)16-7-6-15-4-2-3-5-17(15)12-16/h6-7,12,14H,2-5,8-11,13H2,1H3,(H,19,21)/p+1/t14-/m1/s1. The lowest BCUT2D eigenvalue weighted by Crippen LogP contribution is -3.15. The van der Waals surface area contributed by atoms with Crippen molar-refractivity contribution in [2.45, 2.75) is 38.6 Å². The quantitative estimate of drug-likeness (QED) is 0.858. The van der Waals surface area contributed by atoms with E-state index in [9.17, 15) is 4.79 Å². The molecule has 1 fully saturated rings. The van der Waals surface area contributed by atoms with Gasteiger partial charge in [0.2, 0.25) is 0 Å². The molecule has 0 bridgehead atoms. The third kappa shape index (κ3) is 3.87. The summed E-state index contributed by atoms with van der Waals surface area (Å²) in [6.07, 6.45) is 4.98. The second kappa shape index (κ2) is 7.25. The summed E-state index contributed by atoms with van der Waals surface area (Å²) >= 11 is 0. The van der Waals surface area contributed by atoms with E-state index in [1.54, 1.807) is 0 Å². The van der Waals surface area contributed by atoms with Gasteiger partial charge in [-0.2, -0.15) is 0 Å². The van der Waals surface area contributed by atoms with Crippen LogP contribution in [-0.2, 0) is 22.4 Å². The minimum Gasteiger partial charge on any atom is -0.370 e. The van der Waals surface area contributed by atoms with Crippen molar-refractivity contribution < 1.29 is 14.4 Å². The van der Waals surface area contributed by atoms with Gasteiger partial charge in [0.05, 0.1) is 19.3 Å². The molecule has 2 N–H and O–H groups in total. The number of ether oxygens (including phenoxy) is 1. The lowest BCUT2D eigenvalue weighted by Gasteiger charge is -2.24. The zero-order chi connectivity index (χ0) is 15.4. The number of rotatable bonds is 4. The lowest BCUT2D eigenvalue weighted by molar-refractivity contribution is -0.900. The topological polar surface area (TPSA) is 42.8 Å². The van der Waals surface area contributed by atoms with Crippen molar-refractivity contribution in [2.24, 2.45) is 0 Å². The number of hydrogen-bond acceptors (Lipinski definition) is 2. The SMILES string of the molecule is C[C@@H](NC(=O)C[NH+]1CCOCC1)c1ccc2c(c1)CCCC2. The Morgan fingerprint density at radius 2 is 1.95 bits per heavy atom. The first-order chi connectivity index (χ1) is 10.7. The maximum Gasteiger partial charge on any atom is 0.275 e. The normalized spacial score (nSPS) is 20.2. The molecule has 1 atom stereocenters. The number of carbonyl (C=O) groups is 1. The fourth-order valence-electron chi connectivity index (χ4n) is 3.46. The van der Waals surface area contributed by atoms with Crippen LogP contribution in [0.4, 0.5) is 0 Å². The highest BCUT2D eigenvalue weighted by atomic mass is 16.5. The second-order valence-electron chi connectivity index (χ2n) is 6.56. The predicted octanol–water partition coefficient (Wildman–Crippen LogP) is 0.658. The van der Waals surface area contributed by atoms with Gasteiger partial charge in [-0.3, -0.25) is 4.79 Å². The van der Waals surface area contributed by atoms with Gasteiger partial charge in [0.1, 0.15) is 13.1 Å². The molecule has 1 aliphatic carbocycles. The van der Waals surface area contributed by atoms with Crippen molar-refractivity contribution >= 4 is 5.91 Å². The number of nitrogens with one attached hydrogen (secondary N) is 2. The van der Waals surface area contributed by atoms with Gasteiger partial charge in [-0.25, -0.2) is 0 Å². The Labute approximate surface area is 132 Å². The van der Waals surface area contributed by atoms with Gasteiger partial charge in [0.15, 0.2) is 6.54 Å². The summed E-state index contributed by atoms with van der Waals surface area (Å²) in [5.41, 5.74) is 4.20. The number of fused-ring (bicyclic) bond motifs is 1. The second-order valence-corrected chi connectivity index (χ2v) is 6.56. The monoisotopic (exact) mass is 303 g/mol. The number of hydrogen-bond donors (Lipinski definition) is 2. The smallest absolute Gasteiger partial charge is 0.275 e. The molecule has 0 saturated carbocycles. The Bertz CT molecular complexity index is 524. The van der Waals surface area contributed by atoms with Crippen LogP contribution in [0.3, 0.4) is 0 Å². The van der Waals surface area contributed by atoms with Gasteiger partial charge in [-0.1, -0.05) is 18.2 Å². The molecule has 1 aromatic carbocycles. The van der Waals surface area contributed by atoms with Crippen molar-refractivity contribution in [1.82, 2.24) is 5.32 Å². The highest BCUT2D eigenvalue weighted by Gasteiger charge is 2.19. The Morgan fingerprint density at radius 3 is 2.73 bits per heavy atom. The highest BCUT2D eigenvalue weighted by Crippen LogP contribution is 2.24. The molecule has 1 amide bonds. The molecule has 1 saturated heterocycles. The van der Waals surface area contributed by atoms with Crippen LogP contribution in [0.25, 0.3) is 0 Å². The van der Waals surface area contributed by atoms with E-state index in [1.165, 1.54) is 47.3 Å². The Kier molecular flexibility index (Phi) is 5.11. The van der Waals surface area contributed by atoms with E-state index < -0.39 is 0 Å². The van der Waals surface area contributed by atoms with Gasteiger partial charge >= 0.3 is 0 Å². The average molecular weight is 303 g/mol. The molecule has 0 radical (unpaired) electrons. The van der Waals surface area contributed by atoms with Crippen LogP contribution >= 0.6 is 0 Å². The number of benzene rings is 1. The Balaban J connectivity index is 1.56. The third-order valence-corrected chi connectivity index (χ3v) is 4.86. The first-order valence-corrected chi connectivity index (χ1v) is 8.55. The molecule has 120 valence electrons. The fourth-order valence-corrected chi connectivity index (χ4v) is 3.46. The molecule has 0 unspecified atom stereocenters. The summed E-state index contributed by atoms with van der Waals surface area (Å²) in [5, 5.41) is 3.15. The number of quaternary nitrogens is 1. The molecule has 4 nitrogen and oxygen atoms in total. The summed E-state index contributed by atoms with van der Waals surface area (Å²) in [4.78, 5) is 13.5. The Morgan fingerprint density at radius 1 is 1.23 bits per heavy atom. The number of morpholine rings is 1. The van der Waals surface area contributed by atoms with Crippen LogP contribution in [0.2, 0.25) is 0 Å². The fraction of sp³-hybridized carbons (Fsp3) is 0.611. The van der Waals surface area contributed by atoms with E-state index in [0.717, 1.165) is 26.3 Å². The summed E-state index contributed by atoms with van der Waals surface area (Å²) in [5.74, 6) is 0.141. The van der Waals surface area contributed by atoms with Crippen molar-refractivity contribution in [3.05, 3.63) is 34.9 Å². The van der Waals surface area contributed by atoms with Crippen molar-refractivity contribution in [2.75, 3.05) is 32.8 Å². The molecule has 22 heavy (non-hydrogen) atoms. The van der Waals surface area contributed by atoms with Crippen LogP contribution in [0, 0.1) is 0 Å². The predicted molar refractivity (Wildman–Crippen MR) is 86.0 cm³/mol. The van der Waals surface area contributed by atoms with Crippen molar-refractivity contribution in [3.63, 3.8) is 0 Å². The first-order valence-electron chi connectivity index (χ1n) is 8.55. The van der Waals surface area contributed by atoms with Crippen LogP contribution in [0.15, 0.2) is 18.2 Å². The zero-order valence-electron chi connectivity index (χ0n) is 13.5. The summed E-state index contributed by atoms with van der Waals surface area (Å²) in [7, 11) is 0. The van der Waals surface area contributed by atoms with E-state index in [4.69, 9.17) is 4.74 Å². The minimum atomic E-state index is 0.0835. The van der Waals surface area contributed by atoms with E-state index in [-0.39, 0.29) is 11.9 Å². The molecule has 1 aliphatic heterocycles. The molecular formula is C18H27N2O2+. The zero-order valence-corrected chi connectivity index (χ0v) is 13.5. The minimum absolute atomic E-state index is 0.0835. The van der Waals surface area contributed by atoms with Crippen LogP contribution in [0.5, 0.6) is 0 Å². The summed E-state index contributed by atoms with van der Waals surface area (Å²) < 4.78 is 5.33. The average Bonchev–Trinajstić information content (AvgIpc) is 2.55. The van der Waals surface area contributed by atoms with E-state index >= 15 is 0 Å². The maximum atomic E-state index is 12.2. The summed E-state index contributed by atoms with van der Waals surface area (Å²) in [6.45, 7) is 6.03. The molecular weight excluding hydrogens is 276 g/mol. The van der Waals surface area contributed by atoms with Gasteiger partial charge in [-0.15, -0.1) is 0 Å². The lowest BCUT2D eigenvalue weighted by atomic mass is 9.89. The Hall–Kier alpha value is -1.39. The highest BCUT2D eigenvalue weighted by molar-refractivity contribution is 5.77. The van der Waals surface area contributed by atoms with Crippen molar-refractivity contribution in [1.29, 1.82) is 0 Å². The molecule has 1 aromatic rings. The first kappa shape index (κ1) is 15.5. The molecule has 3 rings (SSSR count). The summed E-state index contributed by atoms with van der Waals surface area (Å²) in [6, 6.07) is 6.80. The molecule has 4 heteroatoms. The molecule has 1 heterocycles. The molecule has 0 spiro atoms. The van der Waals surface area contributed by atoms with Gasteiger partial charge in [-0.05, 0) is 49.3 Å². The van der Waals surface area contributed by atoms with Crippen molar-refractivity contribution in [3.8, 4) is 0 Å². The third-order valence-electron chi connectivity index (χ3n) is 4.86. The molecule has 2 aliphatic rings. The van der Waals surface area contributed by atoms with Gasteiger partial charge in [0.25, 0.3) is 5.91 Å². The maximum absolute atomic E-state index is 12.2. The van der Waals surface area contributed by atoms with Crippen LogP contribution in [-0.4, -0.2) is 38.8 Å². The number of amides is 1. The van der Waals surface area contributed by atoms with E-state index in [2.05, 4.69) is 30.4 Å². The van der Waals surface area contributed by atoms with Crippen LogP contribution < -0.4 is 10.2 Å². The number of aryl methyl sites for hydroxylation is 2. The molecule has 0 aromatic heterocycles. The van der Waals surface area contributed by atoms with Gasteiger partial charge in [0, 0.05) is 0 Å². The van der Waals surface area contributed by atoms with Gasteiger partial charge < -0.3 is 15.0 Å².